The Labute approximate surface area is 124 Å². The number of anilines is 1. The van der Waals surface area contributed by atoms with E-state index in [0.29, 0.717) is 12.1 Å². The van der Waals surface area contributed by atoms with Gasteiger partial charge in [0.25, 0.3) is 0 Å². The number of rotatable bonds is 3. The minimum Gasteiger partial charge on any atom is -0.396 e. The van der Waals surface area contributed by atoms with Crippen LogP contribution in [0.15, 0.2) is 28.7 Å². The third-order valence-corrected chi connectivity index (χ3v) is 4.38. The fraction of sp³-hybridized carbons (Fsp3) is 0.600. The zero-order chi connectivity index (χ0) is 13.8. The van der Waals surface area contributed by atoms with Crippen molar-refractivity contribution in [3.63, 3.8) is 0 Å². The molecule has 0 spiro atoms. The highest BCUT2D eigenvalue weighted by Crippen LogP contribution is 2.28. The molecule has 4 heteroatoms. The van der Waals surface area contributed by atoms with E-state index in [1.54, 1.807) is 0 Å². The second kappa shape index (κ2) is 6.73. The lowest BCUT2D eigenvalue weighted by molar-refractivity contribution is 0.252. The second-order valence-corrected chi connectivity index (χ2v) is 6.37. The Balaban J connectivity index is 2.30. The van der Waals surface area contributed by atoms with Crippen LogP contribution in [-0.2, 0) is 0 Å². The number of hydrogen-bond donors (Lipinski definition) is 1. The van der Waals surface area contributed by atoms with Crippen LogP contribution in [0.25, 0.3) is 0 Å². The molecule has 1 heterocycles. The summed E-state index contributed by atoms with van der Waals surface area (Å²) in [6.07, 6.45) is 1.98. The van der Waals surface area contributed by atoms with Gasteiger partial charge in [0.2, 0.25) is 0 Å². The van der Waals surface area contributed by atoms with Gasteiger partial charge in [0, 0.05) is 35.4 Å². The highest BCUT2D eigenvalue weighted by molar-refractivity contribution is 9.10. The number of likely N-dealkylation sites (N-methyl/N-ethyl adjacent to an activating group) is 1. The van der Waals surface area contributed by atoms with Crippen molar-refractivity contribution < 1.29 is 5.11 Å². The molecule has 1 aliphatic rings. The van der Waals surface area contributed by atoms with Gasteiger partial charge in [-0.3, -0.25) is 0 Å². The van der Waals surface area contributed by atoms with Crippen molar-refractivity contribution in [1.82, 2.24) is 4.90 Å². The number of nitrogens with zero attached hydrogens (tertiary/aromatic N) is 2. The van der Waals surface area contributed by atoms with E-state index >= 15 is 0 Å². The van der Waals surface area contributed by atoms with E-state index < -0.39 is 0 Å². The average molecular weight is 327 g/mol. The Hall–Kier alpha value is -0.580. The fourth-order valence-electron chi connectivity index (χ4n) is 2.93. The number of benzene rings is 1. The molecule has 19 heavy (non-hydrogen) atoms. The number of hydrogen-bond acceptors (Lipinski definition) is 3. The molecule has 0 radical (unpaired) electrons. The monoisotopic (exact) mass is 326 g/mol. The van der Waals surface area contributed by atoms with Gasteiger partial charge >= 0.3 is 0 Å². The van der Waals surface area contributed by atoms with Gasteiger partial charge in [-0.05, 0) is 51.6 Å². The van der Waals surface area contributed by atoms with Gasteiger partial charge in [0.15, 0.2) is 0 Å². The van der Waals surface area contributed by atoms with Crippen LogP contribution in [0.3, 0.4) is 0 Å². The van der Waals surface area contributed by atoms with Crippen LogP contribution >= 0.6 is 15.9 Å². The van der Waals surface area contributed by atoms with E-state index in [1.807, 2.05) is 0 Å². The Bertz CT molecular complexity index is 413. The van der Waals surface area contributed by atoms with E-state index in [2.05, 4.69) is 64.0 Å². The van der Waals surface area contributed by atoms with Crippen LogP contribution in [0.1, 0.15) is 19.8 Å². The average Bonchev–Trinajstić information content (AvgIpc) is 2.49. The molecule has 1 saturated heterocycles. The molecule has 0 aliphatic carbocycles. The molecule has 0 amide bonds. The van der Waals surface area contributed by atoms with Crippen LogP contribution in [0, 0.1) is 0 Å². The van der Waals surface area contributed by atoms with Gasteiger partial charge in [0.1, 0.15) is 0 Å². The van der Waals surface area contributed by atoms with Gasteiger partial charge in [-0.2, -0.15) is 0 Å². The first kappa shape index (κ1) is 14.8. The summed E-state index contributed by atoms with van der Waals surface area (Å²) in [5, 5.41) is 9.35. The summed E-state index contributed by atoms with van der Waals surface area (Å²) in [6.45, 7) is 4.66. The summed E-state index contributed by atoms with van der Waals surface area (Å²) in [4.78, 5) is 4.85. The fourth-order valence-corrected chi connectivity index (χ4v) is 3.31. The Morgan fingerprint density at radius 3 is 2.89 bits per heavy atom. The third kappa shape index (κ3) is 3.71. The molecule has 0 aromatic heterocycles. The predicted octanol–water partition coefficient (Wildman–Crippen LogP) is 2.73. The first-order valence-electron chi connectivity index (χ1n) is 6.95. The minimum absolute atomic E-state index is 0.246. The minimum atomic E-state index is 0.246. The molecule has 106 valence electrons. The topological polar surface area (TPSA) is 26.7 Å². The van der Waals surface area contributed by atoms with Gasteiger partial charge < -0.3 is 14.9 Å². The lowest BCUT2D eigenvalue weighted by Gasteiger charge is -2.37. The molecule has 0 saturated carbocycles. The van der Waals surface area contributed by atoms with E-state index in [4.69, 9.17) is 0 Å². The molecule has 2 atom stereocenters. The zero-order valence-electron chi connectivity index (χ0n) is 11.7. The largest absolute Gasteiger partial charge is 0.396 e. The molecule has 2 rings (SSSR count). The summed E-state index contributed by atoms with van der Waals surface area (Å²) in [5.74, 6) is 0. The molecule has 2 unspecified atom stereocenters. The SMILES string of the molecule is CC1CCN(C)CC(CCO)N1c1cccc(Br)c1. The molecule has 1 aliphatic heterocycles. The Morgan fingerprint density at radius 1 is 1.42 bits per heavy atom. The van der Waals surface area contributed by atoms with E-state index in [9.17, 15) is 5.11 Å². The third-order valence-electron chi connectivity index (χ3n) is 3.89. The number of aliphatic hydroxyl groups excluding tert-OH is 1. The zero-order valence-corrected chi connectivity index (χ0v) is 13.3. The first-order chi connectivity index (χ1) is 9.11. The molecule has 1 aromatic carbocycles. The molecule has 1 aromatic rings. The molecule has 1 fully saturated rings. The smallest absolute Gasteiger partial charge is 0.0451 e. The van der Waals surface area contributed by atoms with Gasteiger partial charge in [0.05, 0.1) is 0 Å². The summed E-state index contributed by atoms with van der Waals surface area (Å²) >= 11 is 3.55. The highest BCUT2D eigenvalue weighted by atomic mass is 79.9. The van der Waals surface area contributed by atoms with Crippen LogP contribution in [0.2, 0.25) is 0 Å². The maximum atomic E-state index is 9.35. The molecule has 0 bridgehead atoms. The highest BCUT2D eigenvalue weighted by Gasteiger charge is 2.28. The molecule has 1 N–H and O–H groups in total. The first-order valence-corrected chi connectivity index (χ1v) is 7.74. The van der Waals surface area contributed by atoms with Crippen molar-refractivity contribution in [2.75, 3.05) is 31.6 Å². The normalized spacial score (nSPS) is 25.4. The molecular formula is C15H23BrN2O. The van der Waals surface area contributed by atoms with Gasteiger partial charge in [-0.15, -0.1) is 0 Å². The van der Waals surface area contributed by atoms with Gasteiger partial charge in [-0.25, -0.2) is 0 Å². The predicted molar refractivity (Wildman–Crippen MR) is 83.7 cm³/mol. The van der Waals surface area contributed by atoms with Crippen molar-refractivity contribution in [3.05, 3.63) is 28.7 Å². The Morgan fingerprint density at radius 2 is 2.21 bits per heavy atom. The lowest BCUT2D eigenvalue weighted by atomic mass is 10.1. The summed E-state index contributed by atoms with van der Waals surface area (Å²) in [6, 6.07) is 9.34. The van der Waals surface area contributed by atoms with Crippen molar-refractivity contribution in [3.8, 4) is 0 Å². The summed E-state index contributed by atoms with van der Waals surface area (Å²) in [5.41, 5.74) is 1.25. The Kier molecular flexibility index (Phi) is 5.25. The van der Waals surface area contributed by atoms with Gasteiger partial charge in [-0.1, -0.05) is 22.0 Å². The van der Waals surface area contributed by atoms with Crippen LogP contribution in [-0.4, -0.2) is 48.8 Å². The summed E-state index contributed by atoms with van der Waals surface area (Å²) < 4.78 is 1.11. The maximum absolute atomic E-state index is 9.35. The maximum Gasteiger partial charge on any atom is 0.0451 e. The van der Waals surface area contributed by atoms with Crippen molar-refractivity contribution >= 4 is 21.6 Å². The summed E-state index contributed by atoms with van der Waals surface area (Å²) in [7, 11) is 2.17. The van der Waals surface area contributed by atoms with E-state index in [1.165, 1.54) is 5.69 Å². The quantitative estimate of drug-likeness (QED) is 0.925. The standard InChI is InChI=1S/C15H23BrN2O/c1-12-6-8-17(2)11-15(7-9-19)18(12)14-5-3-4-13(16)10-14/h3-5,10,12,15,19H,6-9,11H2,1-2H3. The lowest BCUT2D eigenvalue weighted by Crippen LogP contribution is -2.44. The molecule has 3 nitrogen and oxygen atoms in total. The van der Waals surface area contributed by atoms with E-state index in [-0.39, 0.29) is 6.61 Å². The number of halogens is 1. The van der Waals surface area contributed by atoms with Crippen molar-refractivity contribution in [1.29, 1.82) is 0 Å². The molecular weight excluding hydrogens is 304 g/mol. The number of aliphatic hydroxyl groups is 1. The second-order valence-electron chi connectivity index (χ2n) is 5.45. The van der Waals surface area contributed by atoms with Crippen LogP contribution in [0.4, 0.5) is 5.69 Å². The van der Waals surface area contributed by atoms with Crippen molar-refractivity contribution in [2.24, 2.45) is 0 Å². The van der Waals surface area contributed by atoms with E-state index in [0.717, 1.165) is 30.4 Å². The van der Waals surface area contributed by atoms with Crippen molar-refractivity contribution in [2.45, 2.75) is 31.8 Å². The van der Waals surface area contributed by atoms with Crippen LogP contribution in [0.5, 0.6) is 0 Å². The van der Waals surface area contributed by atoms with Crippen LogP contribution < -0.4 is 4.90 Å².